The molecule has 0 aliphatic heterocycles. The zero-order valence-electron chi connectivity index (χ0n) is 16.6. The first-order valence-corrected chi connectivity index (χ1v) is 11.0. The van der Waals surface area contributed by atoms with Gasteiger partial charge in [-0.15, -0.1) is 11.3 Å². The summed E-state index contributed by atoms with van der Waals surface area (Å²) in [5, 5.41) is 15.8. The molecule has 0 radical (unpaired) electrons. The quantitative estimate of drug-likeness (QED) is 0.493. The number of thiophene rings is 1. The van der Waals surface area contributed by atoms with Crippen molar-refractivity contribution in [2.24, 2.45) is 0 Å². The summed E-state index contributed by atoms with van der Waals surface area (Å²) in [6.45, 7) is 7.63. The molecule has 1 aromatic carbocycles. The van der Waals surface area contributed by atoms with Crippen LogP contribution in [0.1, 0.15) is 31.3 Å². The molecule has 7 heteroatoms. The van der Waals surface area contributed by atoms with E-state index in [1.54, 1.807) is 11.3 Å². The van der Waals surface area contributed by atoms with E-state index in [4.69, 9.17) is 0 Å². The molecule has 0 spiro atoms. The molecule has 148 valence electrons. The van der Waals surface area contributed by atoms with Crippen molar-refractivity contribution in [2.75, 3.05) is 23.3 Å². The summed E-state index contributed by atoms with van der Waals surface area (Å²) in [5.41, 5.74) is 3.27. The lowest BCUT2D eigenvalue weighted by molar-refractivity contribution is -0.114. The largest absolute Gasteiger partial charge is 0.372 e. The molecule has 0 aliphatic carbocycles. The van der Waals surface area contributed by atoms with E-state index in [0.29, 0.717) is 21.3 Å². The number of rotatable bonds is 7. The van der Waals surface area contributed by atoms with Crippen molar-refractivity contribution >= 4 is 50.9 Å². The smallest absolute Gasteiger partial charge is 0.221 e. The Balaban J connectivity index is 1.95. The molecule has 0 aliphatic rings. The maximum Gasteiger partial charge on any atom is 0.221 e. The van der Waals surface area contributed by atoms with Gasteiger partial charge in [-0.2, -0.15) is 5.26 Å². The van der Waals surface area contributed by atoms with Gasteiger partial charge in [-0.05, 0) is 49.1 Å². The molecule has 3 rings (SSSR count). The molecule has 3 aromatic rings. The van der Waals surface area contributed by atoms with Crippen LogP contribution in [-0.2, 0) is 4.79 Å². The number of carbonyl (C=O) groups is 1. The van der Waals surface area contributed by atoms with Crippen molar-refractivity contribution in [3.8, 4) is 16.6 Å². The molecule has 2 heterocycles. The number of hydrogen-bond acceptors (Lipinski definition) is 6. The summed E-state index contributed by atoms with van der Waals surface area (Å²) < 4.78 is 0. The third-order valence-electron chi connectivity index (χ3n) is 4.35. The van der Waals surface area contributed by atoms with Crippen LogP contribution in [0.2, 0.25) is 0 Å². The third kappa shape index (κ3) is 4.91. The highest BCUT2D eigenvalue weighted by atomic mass is 32.1. The van der Waals surface area contributed by atoms with Crippen molar-refractivity contribution in [1.82, 2.24) is 4.98 Å². The van der Waals surface area contributed by atoms with Crippen LogP contribution in [0.25, 0.3) is 22.2 Å². The third-order valence-corrected chi connectivity index (χ3v) is 6.24. The predicted molar refractivity (Wildman–Crippen MR) is 123 cm³/mol. The molecule has 0 bridgehead atoms. The van der Waals surface area contributed by atoms with Gasteiger partial charge >= 0.3 is 0 Å². The summed E-state index contributed by atoms with van der Waals surface area (Å²) >= 11 is 2.87. The fraction of sp³-hybridized carbons (Fsp3) is 0.227. The van der Waals surface area contributed by atoms with Crippen LogP contribution in [0.5, 0.6) is 0 Å². The van der Waals surface area contributed by atoms with Crippen molar-refractivity contribution in [2.45, 2.75) is 20.8 Å². The highest BCUT2D eigenvalue weighted by Gasteiger charge is 2.17. The van der Waals surface area contributed by atoms with Crippen LogP contribution in [0, 0.1) is 11.3 Å². The van der Waals surface area contributed by atoms with Crippen molar-refractivity contribution in [3.05, 3.63) is 52.3 Å². The molecule has 0 atom stereocenters. The van der Waals surface area contributed by atoms with Gasteiger partial charge in [0.2, 0.25) is 5.91 Å². The Kier molecular flexibility index (Phi) is 6.81. The number of benzene rings is 1. The summed E-state index contributed by atoms with van der Waals surface area (Å²) in [7, 11) is 0. The van der Waals surface area contributed by atoms with E-state index >= 15 is 0 Å². The lowest BCUT2D eigenvalue weighted by Gasteiger charge is -2.20. The number of hydrogen-bond donors (Lipinski definition) is 1. The minimum absolute atomic E-state index is 0.160. The first-order valence-electron chi connectivity index (χ1n) is 9.35. The Morgan fingerprint density at radius 2 is 1.97 bits per heavy atom. The number of thiazole rings is 1. The fourth-order valence-electron chi connectivity index (χ4n) is 2.94. The zero-order chi connectivity index (χ0) is 20.8. The van der Waals surface area contributed by atoms with Crippen LogP contribution in [0.4, 0.5) is 10.7 Å². The summed E-state index contributed by atoms with van der Waals surface area (Å²) in [5.74, 6) is -0.160. The predicted octanol–water partition coefficient (Wildman–Crippen LogP) is 5.74. The van der Waals surface area contributed by atoms with E-state index in [1.165, 1.54) is 18.3 Å². The van der Waals surface area contributed by atoms with Gasteiger partial charge in [-0.25, -0.2) is 4.98 Å². The Hall–Kier alpha value is -2.95. The number of aromatic nitrogens is 1. The molecule has 1 amide bonds. The second-order valence-corrected chi connectivity index (χ2v) is 8.24. The van der Waals surface area contributed by atoms with Crippen molar-refractivity contribution in [3.63, 3.8) is 0 Å². The molecular formula is C22H22N4OS2. The average Bonchev–Trinajstić information content (AvgIpc) is 3.37. The number of allylic oxidation sites excluding steroid dienone is 1. The standard InChI is InChI=1S/C22H22N4OS2/c1-4-26(5-2)18-10-8-16(9-11-18)13-17(14-23)21-25-20(19-7-6-12-28-19)22(29-21)24-15(3)27/h6-13H,4-5H2,1-3H3,(H,24,27)/b17-13+. The normalized spacial score (nSPS) is 11.2. The Bertz CT molecular complexity index is 1040. The van der Waals surface area contributed by atoms with Crippen molar-refractivity contribution in [1.29, 1.82) is 5.26 Å². The molecule has 29 heavy (non-hydrogen) atoms. The van der Waals surface area contributed by atoms with E-state index in [2.05, 4.69) is 47.3 Å². The van der Waals surface area contributed by atoms with E-state index in [9.17, 15) is 10.1 Å². The van der Waals surface area contributed by atoms with Crippen LogP contribution in [0.3, 0.4) is 0 Å². The van der Waals surface area contributed by atoms with Gasteiger partial charge in [-0.3, -0.25) is 4.79 Å². The molecular weight excluding hydrogens is 400 g/mol. The number of anilines is 2. The average molecular weight is 423 g/mol. The van der Waals surface area contributed by atoms with Gasteiger partial charge in [0.25, 0.3) is 0 Å². The van der Waals surface area contributed by atoms with Gasteiger partial charge in [0.05, 0.1) is 10.5 Å². The Morgan fingerprint density at radius 1 is 1.24 bits per heavy atom. The molecule has 0 saturated heterocycles. The van der Waals surface area contributed by atoms with Gasteiger partial charge in [0.15, 0.2) is 0 Å². The second kappa shape index (κ2) is 9.50. The highest BCUT2D eigenvalue weighted by molar-refractivity contribution is 7.18. The number of nitriles is 1. The van der Waals surface area contributed by atoms with Crippen molar-refractivity contribution < 1.29 is 4.79 Å². The summed E-state index contributed by atoms with van der Waals surface area (Å²) in [4.78, 5) is 19.5. The first-order chi connectivity index (χ1) is 14.0. The number of nitrogens with zero attached hydrogens (tertiary/aromatic N) is 3. The topological polar surface area (TPSA) is 69.0 Å². The monoisotopic (exact) mass is 422 g/mol. The maximum atomic E-state index is 11.6. The van der Waals surface area contributed by atoms with Gasteiger partial charge in [0, 0.05) is 25.7 Å². The molecule has 0 unspecified atom stereocenters. The molecule has 0 fully saturated rings. The molecule has 2 aromatic heterocycles. The zero-order valence-corrected chi connectivity index (χ0v) is 18.2. The Morgan fingerprint density at radius 3 is 2.52 bits per heavy atom. The van der Waals surface area contributed by atoms with E-state index in [0.717, 1.165) is 29.2 Å². The molecule has 1 N–H and O–H groups in total. The van der Waals surface area contributed by atoms with Crippen LogP contribution in [-0.4, -0.2) is 24.0 Å². The van der Waals surface area contributed by atoms with Gasteiger partial charge < -0.3 is 10.2 Å². The fourth-order valence-corrected chi connectivity index (χ4v) is 4.72. The number of amides is 1. The van der Waals surface area contributed by atoms with Gasteiger partial charge in [0.1, 0.15) is 21.8 Å². The Labute approximate surface area is 179 Å². The minimum atomic E-state index is -0.160. The SMILES string of the molecule is CCN(CC)c1ccc(/C=C(\C#N)c2nc(-c3cccs3)c(NC(C)=O)s2)cc1. The highest BCUT2D eigenvalue weighted by Crippen LogP contribution is 2.38. The molecule has 0 saturated carbocycles. The lowest BCUT2D eigenvalue weighted by Crippen LogP contribution is -2.21. The van der Waals surface area contributed by atoms with E-state index in [1.807, 2.05) is 35.7 Å². The summed E-state index contributed by atoms with van der Waals surface area (Å²) in [6, 6.07) is 14.3. The number of carbonyl (C=O) groups excluding carboxylic acids is 1. The van der Waals surface area contributed by atoms with E-state index in [-0.39, 0.29) is 5.91 Å². The van der Waals surface area contributed by atoms with E-state index < -0.39 is 0 Å². The first kappa shape index (κ1) is 20.8. The van der Waals surface area contributed by atoms with Crippen LogP contribution >= 0.6 is 22.7 Å². The summed E-state index contributed by atoms with van der Waals surface area (Å²) in [6.07, 6.45) is 1.83. The van der Waals surface area contributed by atoms with Crippen LogP contribution < -0.4 is 10.2 Å². The van der Waals surface area contributed by atoms with Gasteiger partial charge in [-0.1, -0.05) is 29.5 Å². The van der Waals surface area contributed by atoms with Crippen LogP contribution in [0.15, 0.2) is 41.8 Å². The second-order valence-electron chi connectivity index (χ2n) is 6.29. The minimum Gasteiger partial charge on any atom is -0.372 e. The maximum absolute atomic E-state index is 11.6. The molecule has 5 nitrogen and oxygen atoms in total. The lowest BCUT2D eigenvalue weighted by atomic mass is 10.1. The number of nitrogens with one attached hydrogen (secondary N) is 1.